The van der Waals surface area contributed by atoms with Crippen molar-refractivity contribution in [1.82, 2.24) is 5.32 Å². The van der Waals surface area contributed by atoms with Crippen LogP contribution in [0.1, 0.15) is 36.0 Å². The zero-order chi connectivity index (χ0) is 19.9. The molecule has 4 rings (SSSR count). The van der Waals surface area contributed by atoms with Crippen molar-refractivity contribution in [2.24, 2.45) is 11.8 Å². The average Bonchev–Trinajstić information content (AvgIpc) is 3.24. The van der Waals surface area contributed by atoms with Crippen molar-refractivity contribution >= 4 is 44.8 Å². The number of hydrogen-bond acceptors (Lipinski definition) is 3. The molecule has 2 aliphatic rings. The third-order valence-electron chi connectivity index (χ3n) is 5.64. The molecule has 28 heavy (non-hydrogen) atoms. The summed E-state index contributed by atoms with van der Waals surface area (Å²) in [6, 6.07) is 10.6. The number of amides is 1. The fourth-order valence-electron chi connectivity index (χ4n) is 4.26. The van der Waals surface area contributed by atoms with Gasteiger partial charge >= 0.3 is 0 Å². The second-order valence-electron chi connectivity index (χ2n) is 7.51. The number of halogens is 2. The Bertz CT molecular complexity index is 1010. The third kappa shape index (κ3) is 4.00. The summed E-state index contributed by atoms with van der Waals surface area (Å²) in [5.41, 5.74) is 0.635. The van der Waals surface area contributed by atoms with E-state index >= 15 is 0 Å². The van der Waals surface area contributed by atoms with Crippen LogP contribution in [0.2, 0.25) is 10.0 Å². The Morgan fingerprint density at radius 3 is 2.36 bits per heavy atom. The maximum atomic E-state index is 12.6. The highest BCUT2D eigenvalue weighted by Gasteiger charge is 2.40. The number of anilines is 1. The summed E-state index contributed by atoms with van der Waals surface area (Å²) < 4.78 is 27.4. The molecule has 1 amide bonds. The Morgan fingerprint density at radius 1 is 1.00 bits per heavy atom. The smallest absolute Gasteiger partial charge is 0.261 e. The second-order valence-corrected chi connectivity index (χ2v) is 10.0. The van der Waals surface area contributed by atoms with Gasteiger partial charge in [-0.3, -0.25) is 9.52 Å². The van der Waals surface area contributed by atoms with E-state index in [1.807, 2.05) is 0 Å². The summed E-state index contributed by atoms with van der Waals surface area (Å²) >= 11 is 12.1. The zero-order valence-corrected chi connectivity index (χ0v) is 17.3. The molecule has 0 spiro atoms. The Hall–Kier alpha value is -1.76. The Balaban J connectivity index is 1.46. The van der Waals surface area contributed by atoms with E-state index in [0.29, 0.717) is 16.5 Å². The molecule has 0 unspecified atom stereocenters. The molecule has 0 saturated heterocycles. The van der Waals surface area contributed by atoms with E-state index < -0.39 is 10.0 Å². The SMILES string of the molecule is O=C(N[C@H]1C[C@H]2CC[C@@H]1C2)c1ccc(NS(=O)(=O)c2ccc(Cl)cc2)cc1Cl. The van der Waals surface area contributed by atoms with Crippen LogP contribution in [0.25, 0.3) is 0 Å². The fraction of sp³-hybridized carbons (Fsp3) is 0.350. The number of fused-ring (bicyclic) bond motifs is 2. The van der Waals surface area contributed by atoms with Gasteiger partial charge in [0.15, 0.2) is 0 Å². The Kier molecular flexibility index (Phi) is 5.29. The molecule has 2 aromatic rings. The second kappa shape index (κ2) is 7.58. The van der Waals surface area contributed by atoms with Crippen molar-refractivity contribution in [3.63, 3.8) is 0 Å². The highest BCUT2D eigenvalue weighted by Crippen LogP contribution is 2.44. The van der Waals surface area contributed by atoms with Crippen molar-refractivity contribution in [3.05, 3.63) is 58.1 Å². The minimum atomic E-state index is -3.77. The van der Waals surface area contributed by atoms with Crippen molar-refractivity contribution in [2.75, 3.05) is 4.72 Å². The van der Waals surface area contributed by atoms with Crippen molar-refractivity contribution < 1.29 is 13.2 Å². The van der Waals surface area contributed by atoms with Crippen molar-refractivity contribution in [3.8, 4) is 0 Å². The van der Waals surface area contributed by atoms with Crippen LogP contribution >= 0.6 is 23.2 Å². The number of nitrogens with one attached hydrogen (secondary N) is 2. The molecule has 2 bridgehead atoms. The minimum Gasteiger partial charge on any atom is -0.349 e. The summed E-state index contributed by atoms with van der Waals surface area (Å²) in [6.45, 7) is 0. The van der Waals surface area contributed by atoms with Crippen molar-refractivity contribution in [2.45, 2.75) is 36.6 Å². The monoisotopic (exact) mass is 438 g/mol. The Morgan fingerprint density at radius 2 is 1.75 bits per heavy atom. The lowest BCUT2D eigenvalue weighted by molar-refractivity contribution is 0.0923. The molecule has 2 fully saturated rings. The van der Waals surface area contributed by atoms with Crippen LogP contribution in [0.4, 0.5) is 5.69 Å². The van der Waals surface area contributed by atoms with E-state index in [9.17, 15) is 13.2 Å². The van der Waals surface area contributed by atoms with E-state index in [1.54, 1.807) is 6.07 Å². The van der Waals surface area contributed by atoms with Gasteiger partial charge in [0.25, 0.3) is 15.9 Å². The maximum Gasteiger partial charge on any atom is 0.261 e. The lowest BCUT2D eigenvalue weighted by Gasteiger charge is -2.23. The van der Waals surface area contributed by atoms with Gasteiger partial charge in [-0.25, -0.2) is 8.42 Å². The summed E-state index contributed by atoms with van der Waals surface area (Å²) in [7, 11) is -3.77. The van der Waals surface area contributed by atoms with E-state index in [0.717, 1.165) is 12.3 Å². The molecule has 0 aromatic heterocycles. The van der Waals surface area contributed by atoms with E-state index in [-0.39, 0.29) is 27.6 Å². The average molecular weight is 439 g/mol. The quantitative estimate of drug-likeness (QED) is 0.709. The van der Waals surface area contributed by atoms with Gasteiger partial charge in [0.2, 0.25) is 0 Å². The molecule has 2 aliphatic carbocycles. The highest BCUT2D eigenvalue weighted by molar-refractivity contribution is 7.92. The summed E-state index contributed by atoms with van der Waals surface area (Å²) in [4.78, 5) is 12.7. The first-order chi connectivity index (χ1) is 13.3. The molecule has 0 aliphatic heterocycles. The van der Waals surface area contributed by atoms with Crippen LogP contribution in [0, 0.1) is 11.8 Å². The van der Waals surface area contributed by atoms with Crippen LogP contribution in [0.3, 0.4) is 0 Å². The maximum absolute atomic E-state index is 12.6. The number of rotatable bonds is 5. The number of benzene rings is 2. The molecule has 3 atom stereocenters. The molecule has 0 radical (unpaired) electrons. The largest absolute Gasteiger partial charge is 0.349 e. The van der Waals surface area contributed by atoms with Gasteiger partial charge in [0.1, 0.15) is 0 Å². The summed E-state index contributed by atoms with van der Waals surface area (Å²) in [5.74, 6) is 1.09. The van der Waals surface area contributed by atoms with E-state index in [4.69, 9.17) is 23.2 Å². The lowest BCUT2D eigenvalue weighted by atomic mass is 9.95. The molecule has 5 nitrogen and oxygen atoms in total. The van der Waals surface area contributed by atoms with Gasteiger partial charge in [-0.2, -0.15) is 0 Å². The van der Waals surface area contributed by atoms with Crippen LogP contribution in [0.15, 0.2) is 47.4 Å². The first-order valence-corrected chi connectivity index (χ1v) is 11.4. The zero-order valence-electron chi connectivity index (χ0n) is 15.0. The minimum absolute atomic E-state index is 0.0890. The highest BCUT2D eigenvalue weighted by atomic mass is 35.5. The van der Waals surface area contributed by atoms with Gasteiger partial charge in [-0.15, -0.1) is 0 Å². The molecule has 148 valence electrons. The number of hydrogen-bond donors (Lipinski definition) is 2. The molecular formula is C20H20Cl2N2O3S. The standard InChI is InChI=1S/C20H20Cl2N2O3S/c21-14-3-6-16(7-4-14)28(26,27)24-15-5-8-17(18(22)11-15)20(25)23-19-10-12-1-2-13(19)9-12/h3-8,11-13,19,24H,1-2,9-10H2,(H,23,25)/t12-,13+,19-/m0/s1. The van der Waals surface area contributed by atoms with Gasteiger partial charge in [-0.1, -0.05) is 29.6 Å². The van der Waals surface area contributed by atoms with Gasteiger partial charge in [-0.05, 0) is 73.6 Å². The van der Waals surface area contributed by atoms with Gasteiger partial charge in [0.05, 0.1) is 21.2 Å². The van der Waals surface area contributed by atoms with E-state index in [2.05, 4.69) is 10.0 Å². The summed E-state index contributed by atoms with van der Waals surface area (Å²) in [6.07, 6.45) is 4.67. The molecular weight excluding hydrogens is 419 g/mol. The predicted octanol–water partition coefficient (Wildman–Crippen LogP) is 4.71. The van der Waals surface area contributed by atoms with Crippen LogP contribution in [-0.4, -0.2) is 20.4 Å². The fourth-order valence-corrected chi connectivity index (χ4v) is 5.70. The molecule has 2 saturated carbocycles. The summed E-state index contributed by atoms with van der Waals surface area (Å²) in [5, 5.41) is 3.75. The number of carbonyl (C=O) groups excluding carboxylic acids is 1. The van der Waals surface area contributed by atoms with E-state index in [1.165, 1.54) is 55.7 Å². The molecule has 2 N–H and O–H groups in total. The van der Waals surface area contributed by atoms with Crippen molar-refractivity contribution in [1.29, 1.82) is 0 Å². The van der Waals surface area contributed by atoms with Gasteiger partial charge < -0.3 is 5.32 Å². The van der Waals surface area contributed by atoms with Crippen LogP contribution < -0.4 is 10.0 Å². The molecule has 8 heteroatoms. The topological polar surface area (TPSA) is 75.3 Å². The normalized spacial score (nSPS) is 23.6. The van der Waals surface area contributed by atoms with Crippen LogP contribution in [-0.2, 0) is 10.0 Å². The Labute approximate surface area is 174 Å². The first-order valence-electron chi connectivity index (χ1n) is 9.20. The first kappa shape index (κ1) is 19.6. The molecule has 2 aromatic carbocycles. The predicted molar refractivity (Wildman–Crippen MR) is 110 cm³/mol. The lowest BCUT2D eigenvalue weighted by Crippen LogP contribution is -2.38. The number of sulfonamides is 1. The van der Waals surface area contributed by atoms with Gasteiger partial charge in [0, 0.05) is 11.1 Å². The number of carbonyl (C=O) groups is 1. The molecule has 0 heterocycles. The van der Waals surface area contributed by atoms with Crippen LogP contribution in [0.5, 0.6) is 0 Å². The third-order valence-corrected chi connectivity index (χ3v) is 7.61.